The van der Waals surface area contributed by atoms with E-state index in [1.165, 1.54) is 12.8 Å². The molecular formula is C23H26N6. The fraction of sp³-hybridized carbons (Fsp3) is 0.348. The lowest BCUT2D eigenvalue weighted by molar-refractivity contribution is 0.553. The van der Waals surface area contributed by atoms with E-state index in [0.29, 0.717) is 11.9 Å². The van der Waals surface area contributed by atoms with E-state index in [1.54, 1.807) is 0 Å². The molecule has 3 N–H and O–H groups in total. The number of hydrogen-bond donors (Lipinski definition) is 2. The maximum atomic E-state index is 6.19. The highest BCUT2D eigenvalue weighted by Crippen LogP contribution is 2.35. The Morgan fingerprint density at radius 3 is 2.48 bits per heavy atom. The predicted octanol–water partition coefficient (Wildman–Crippen LogP) is 4.78. The standard InChI is InChI=1S/C23H26N6/c1-23(2,3)21-27-18(15-7-5-4-6-8-15)19(28-21)16-11-12-17-20(25-16)29(22(24)26-17)13-14-9-10-14/h4-8,11-12,14H,9-10,13H2,1-3H3,(H2,24,26)(H,27,28). The predicted molar refractivity (Wildman–Crippen MR) is 116 cm³/mol. The number of anilines is 1. The van der Waals surface area contributed by atoms with Crippen LogP contribution in [-0.2, 0) is 12.0 Å². The van der Waals surface area contributed by atoms with E-state index in [0.717, 1.165) is 46.2 Å². The molecule has 1 fully saturated rings. The number of rotatable bonds is 4. The van der Waals surface area contributed by atoms with Gasteiger partial charge in [0.05, 0.1) is 17.1 Å². The first-order valence-electron chi connectivity index (χ1n) is 10.2. The number of nitrogens with one attached hydrogen (secondary N) is 1. The van der Waals surface area contributed by atoms with Crippen LogP contribution in [0.15, 0.2) is 42.5 Å². The number of fused-ring (bicyclic) bond motifs is 1. The lowest BCUT2D eigenvalue weighted by Gasteiger charge is -2.14. The fourth-order valence-electron chi connectivity index (χ4n) is 3.62. The monoisotopic (exact) mass is 386 g/mol. The summed E-state index contributed by atoms with van der Waals surface area (Å²) in [5.41, 5.74) is 11.6. The van der Waals surface area contributed by atoms with E-state index in [4.69, 9.17) is 15.7 Å². The number of imidazole rings is 2. The molecule has 3 heterocycles. The summed E-state index contributed by atoms with van der Waals surface area (Å²) >= 11 is 0. The number of nitrogens with zero attached hydrogens (tertiary/aromatic N) is 4. The van der Waals surface area contributed by atoms with Gasteiger partial charge in [-0.15, -0.1) is 0 Å². The third-order valence-electron chi connectivity index (χ3n) is 5.48. The van der Waals surface area contributed by atoms with Gasteiger partial charge in [0, 0.05) is 17.5 Å². The molecule has 148 valence electrons. The highest BCUT2D eigenvalue weighted by Gasteiger charge is 2.26. The second-order valence-corrected chi connectivity index (χ2v) is 8.99. The first kappa shape index (κ1) is 17.9. The van der Waals surface area contributed by atoms with Crippen molar-refractivity contribution in [2.45, 2.75) is 45.6 Å². The molecule has 0 unspecified atom stereocenters. The molecule has 6 heteroatoms. The number of hydrogen-bond acceptors (Lipinski definition) is 4. The summed E-state index contributed by atoms with van der Waals surface area (Å²) in [6, 6.07) is 14.3. The van der Waals surface area contributed by atoms with Crippen LogP contribution < -0.4 is 5.73 Å². The number of benzene rings is 1. The molecule has 0 bridgehead atoms. The van der Waals surface area contributed by atoms with Crippen molar-refractivity contribution in [1.82, 2.24) is 24.5 Å². The molecule has 3 aromatic heterocycles. The summed E-state index contributed by atoms with van der Waals surface area (Å²) in [5, 5.41) is 0. The number of aromatic amines is 1. The van der Waals surface area contributed by atoms with Gasteiger partial charge in [-0.05, 0) is 30.9 Å². The second kappa shape index (κ2) is 6.44. The Hall–Kier alpha value is -3.15. The van der Waals surface area contributed by atoms with E-state index in [-0.39, 0.29) is 5.41 Å². The average molecular weight is 387 g/mol. The molecule has 0 atom stereocenters. The third-order valence-corrected chi connectivity index (χ3v) is 5.48. The van der Waals surface area contributed by atoms with Crippen LogP contribution in [0.2, 0.25) is 0 Å². The minimum Gasteiger partial charge on any atom is -0.369 e. The zero-order valence-electron chi connectivity index (χ0n) is 17.1. The van der Waals surface area contributed by atoms with Crippen LogP contribution in [0.3, 0.4) is 0 Å². The Morgan fingerprint density at radius 2 is 1.79 bits per heavy atom. The fourth-order valence-corrected chi connectivity index (χ4v) is 3.62. The Kier molecular flexibility index (Phi) is 3.98. The zero-order chi connectivity index (χ0) is 20.2. The molecule has 1 aliphatic carbocycles. The minimum atomic E-state index is -0.0932. The molecule has 0 radical (unpaired) electrons. The Balaban J connectivity index is 1.68. The number of nitrogens with two attached hydrogens (primary N) is 1. The molecule has 1 saturated carbocycles. The van der Waals surface area contributed by atoms with Gasteiger partial charge in [0.15, 0.2) is 5.65 Å². The minimum absolute atomic E-state index is 0.0932. The summed E-state index contributed by atoms with van der Waals surface area (Å²) in [6.45, 7) is 7.37. The molecule has 0 saturated heterocycles. The quantitative estimate of drug-likeness (QED) is 0.529. The van der Waals surface area contributed by atoms with Crippen molar-refractivity contribution < 1.29 is 0 Å². The van der Waals surface area contributed by atoms with Crippen LogP contribution in [0, 0.1) is 5.92 Å². The van der Waals surface area contributed by atoms with Crippen LogP contribution in [0.25, 0.3) is 33.8 Å². The smallest absolute Gasteiger partial charge is 0.202 e. The summed E-state index contributed by atoms with van der Waals surface area (Å²) in [7, 11) is 0. The van der Waals surface area contributed by atoms with Crippen LogP contribution in [0.4, 0.5) is 5.95 Å². The number of aromatic nitrogens is 5. The summed E-state index contributed by atoms with van der Waals surface area (Å²) in [5.74, 6) is 2.18. The molecule has 1 aliphatic rings. The van der Waals surface area contributed by atoms with Gasteiger partial charge in [0.1, 0.15) is 11.3 Å². The molecule has 0 spiro atoms. The van der Waals surface area contributed by atoms with Crippen LogP contribution in [-0.4, -0.2) is 24.5 Å². The third kappa shape index (κ3) is 3.28. The maximum absolute atomic E-state index is 6.19. The lowest BCUT2D eigenvalue weighted by Crippen LogP contribution is -2.13. The number of H-pyrrole nitrogens is 1. The van der Waals surface area contributed by atoms with E-state index in [1.807, 2.05) is 30.3 Å². The topological polar surface area (TPSA) is 85.4 Å². The molecule has 1 aromatic carbocycles. The van der Waals surface area contributed by atoms with Gasteiger partial charge in [0.2, 0.25) is 5.95 Å². The average Bonchev–Trinajstić information content (AvgIpc) is 3.30. The van der Waals surface area contributed by atoms with Gasteiger partial charge in [-0.1, -0.05) is 51.1 Å². The highest BCUT2D eigenvalue weighted by molar-refractivity contribution is 5.82. The first-order valence-corrected chi connectivity index (χ1v) is 10.2. The van der Waals surface area contributed by atoms with E-state index < -0.39 is 0 Å². The van der Waals surface area contributed by atoms with Gasteiger partial charge in [-0.2, -0.15) is 0 Å². The van der Waals surface area contributed by atoms with Crippen LogP contribution in [0.5, 0.6) is 0 Å². The van der Waals surface area contributed by atoms with E-state index >= 15 is 0 Å². The summed E-state index contributed by atoms with van der Waals surface area (Å²) in [4.78, 5) is 18.0. The second-order valence-electron chi connectivity index (χ2n) is 8.99. The van der Waals surface area contributed by atoms with Crippen molar-refractivity contribution in [2.24, 2.45) is 5.92 Å². The molecule has 0 aliphatic heterocycles. The molecule has 0 amide bonds. The normalized spacial score (nSPS) is 14.6. The van der Waals surface area contributed by atoms with Crippen molar-refractivity contribution in [3.63, 3.8) is 0 Å². The van der Waals surface area contributed by atoms with Crippen molar-refractivity contribution in [1.29, 1.82) is 0 Å². The van der Waals surface area contributed by atoms with Gasteiger partial charge in [-0.3, -0.25) is 4.57 Å². The van der Waals surface area contributed by atoms with Crippen molar-refractivity contribution in [3.8, 4) is 22.6 Å². The van der Waals surface area contributed by atoms with Crippen molar-refractivity contribution in [2.75, 3.05) is 5.73 Å². The SMILES string of the molecule is CC(C)(C)c1nc(-c2ccccc2)c(-c2ccc3nc(N)n(CC4CC4)c3n2)[nH]1. The van der Waals surface area contributed by atoms with Crippen LogP contribution in [0.1, 0.15) is 39.4 Å². The van der Waals surface area contributed by atoms with Gasteiger partial charge >= 0.3 is 0 Å². The molecular weight excluding hydrogens is 360 g/mol. The summed E-state index contributed by atoms with van der Waals surface area (Å²) in [6.07, 6.45) is 2.51. The Bertz CT molecular complexity index is 1180. The summed E-state index contributed by atoms with van der Waals surface area (Å²) < 4.78 is 2.06. The van der Waals surface area contributed by atoms with Gasteiger partial charge < -0.3 is 10.7 Å². The van der Waals surface area contributed by atoms with Crippen molar-refractivity contribution in [3.05, 3.63) is 48.3 Å². The number of nitrogen functional groups attached to an aromatic ring is 1. The first-order chi connectivity index (χ1) is 13.9. The van der Waals surface area contributed by atoms with E-state index in [9.17, 15) is 0 Å². The number of pyridine rings is 1. The van der Waals surface area contributed by atoms with E-state index in [2.05, 4.69) is 47.4 Å². The Morgan fingerprint density at radius 1 is 1.03 bits per heavy atom. The molecule has 4 aromatic rings. The largest absolute Gasteiger partial charge is 0.369 e. The van der Waals surface area contributed by atoms with Gasteiger partial charge in [-0.25, -0.2) is 15.0 Å². The molecule has 5 rings (SSSR count). The van der Waals surface area contributed by atoms with Crippen LogP contribution >= 0.6 is 0 Å². The molecule has 6 nitrogen and oxygen atoms in total. The highest BCUT2D eigenvalue weighted by atomic mass is 15.2. The van der Waals surface area contributed by atoms with Gasteiger partial charge in [0.25, 0.3) is 0 Å². The zero-order valence-corrected chi connectivity index (χ0v) is 17.1. The maximum Gasteiger partial charge on any atom is 0.202 e. The molecule has 29 heavy (non-hydrogen) atoms. The Labute approximate surface area is 170 Å². The lowest BCUT2D eigenvalue weighted by atomic mass is 9.96. The van der Waals surface area contributed by atoms with Crippen molar-refractivity contribution >= 4 is 17.1 Å².